The molecule has 1 N–H and O–H groups in total. The van der Waals surface area contributed by atoms with E-state index in [9.17, 15) is 4.39 Å². The van der Waals surface area contributed by atoms with Gasteiger partial charge in [0.05, 0.1) is 16.6 Å². The van der Waals surface area contributed by atoms with Crippen LogP contribution in [0.3, 0.4) is 0 Å². The molecule has 0 aliphatic rings. The quantitative estimate of drug-likeness (QED) is 0.565. The molecule has 20 heavy (non-hydrogen) atoms. The number of halogens is 1. The Bertz CT molecular complexity index is 922. The van der Waals surface area contributed by atoms with E-state index in [2.05, 4.69) is 15.0 Å². The second kappa shape index (κ2) is 4.13. The molecule has 0 bridgehead atoms. The minimum atomic E-state index is -0.271. The van der Waals surface area contributed by atoms with Gasteiger partial charge in [-0.15, -0.1) is 0 Å². The number of aromatic nitrogens is 3. The first kappa shape index (κ1) is 11.1. The van der Waals surface area contributed by atoms with Crippen molar-refractivity contribution in [2.24, 2.45) is 0 Å². The molecule has 4 aromatic rings. The van der Waals surface area contributed by atoms with Gasteiger partial charge < -0.3 is 4.98 Å². The summed E-state index contributed by atoms with van der Waals surface area (Å²) in [6.45, 7) is 0. The van der Waals surface area contributed by atoms with Crippen molar-refractivity contribution in [1.82, 2.24) is 15.0 Å². The molecule has 96 valence electrons. The van der Waals surface area contributed by atoms with Gasteiger partial charge in [0.2, 0.25) is 0 Å². The van der Waals surface area contributed by atoms with Gasteiger partial charge in [-0.3, -0.25) is 4.98 Å². The molecule has 2 aromatic heterocycles. The first-order chi connectivity index (χ1) is 9.81. The third kappa shape index (κ3) is 1.66. The van der Waals surface area contributed by atoms with Gasteiger partial charge in [-0.05, 0) is 30.3 Å². The highest BCUT2D eigenvalue weighted by Crippen LogP contribution is 2.27. The number of imidazole rings is 1. The molecule has 0 unspecified atom stereocenters. The van der Waals surface area contributed by atoms with E-state index in [1.54, 1.807) is 12.3 Å². The largest absolute Gasteiger partial charge is 0.338 e. The summed E-state index contributed by atoms with van der Waals surface area (Å²) in [5.41, 5.74) is 3.33. The summed E-state index contributed by atoms with van der Waals surface area (Å²) in [6.07, 6.45) is 1.76. The highest BCUT2D eigenvalue weighted by molar-refractivity contribution is 5.94. The lowest BCUT2D eigenvalue weighted by molar-refractivity contribution is 0.629. The topological polar surface area (TPSA) is 41.6 Å². The second-order valence-corrected chi connectivity index (χ2v) is 4.62. The molecule has 0 amide bonds. The average molecular weight is 263 g/mol. The summed E-state index contributed by atoms with van der Waals surface area (Å²) in [5.74, 6) is 0.455. The van der Waals surface area contributed by atoms with Crippen molar-refractivity contribution in [3.8, 4) is 11.4 Å². The maximum atomic E-state index is 13.2. The predicted molar refractivity (Wildman–Crippen MR) is 76.8 cm³/mol. The van der Waals surface area contributed by atoms with Gasteiger partial charge in [-0.2, -0.15) is 0 Å². The standard InChI is InChI=1S/C16H10FN3/c17-10-6-7-14-15(9-10)20-16(19-14)12-3-1-5-13-11(12)4-2-8-18-13/h1-9H,(H,19,20). The molecular formula is C16H10FN3. The number of nitrogens with one attached hydrogen (secondary N) is 1. The van der Waals surface area contributed by atoms with Crippen LogP contribution in [0.2, 0.25) is 0 Å². The summed E-state index contributed by atoms with van der Waals surface area (Å²) in [4.78, 5) is 12.0. The van der Waals surface area contributed by atoms with Crippen LogP contribution in [0.5, 0.6) is 0 Å². The Morgan fingerprint density at radius 2 is 1.90 bits per heavy atom. The number of pyridine rings is 1. The molecule has 0 saturated heterocycles. The predicted octanol–water partition coefficient (Wildman–Crippen LogP) is 3.92. The third-order valence-electron chi connectivity index (χ3n) is 3.34. The van der Waals surface area contributed by atoms with Crippen molar-refractivity contribution < 1.29 is 4.39 Å². The van der Waals surface area contributed by atoms with Gasteiger partial charge in [0, 0.05) is 17.1 Å². The van der Waals surface area contributed by atoms with E-state index >= 15 is 0 Å². The fourth-order valence-corrected chi connectivity index (χ4v) is 2.42. The van der Waals surface area contributed by atoms with Crippen LogP contribution in [0.25, 0.3) is 33.3 Å². The molecule has 0 atom stereocenters. The Morgan fingerprint density at radius 1 is 0.950 bits per heavy atom. The number of nitrogens with zero attached hydrogens (tertiary/aromatic N) is 2. The van der Waals surface area contributed by atoms with Crippen molar-refractivity contribution in [1.29, 1.82) is 0 Å². The zero-order chi connectivity index (χ0) is 13.5. The normalized spacial score (nSPS) is 11.2. The van der Waals surface area contributed by atoms with Crippen LogP contribution in [-0.2, 0) is 0 Å². The monoisotopic (exact) mass is 263 g/mol. The highest BCUT2D eigenvalue weighted by Gasteiger charge is 2.09. The lowest BCUT2D eigenvalue weighted by atomic mass is 10.1. The summed E-state index contributed by atoms with van der Waals surface area (Å²) in [5, 5.41) is 1.02. The molecule has 3 nitrogen and oxygen atoms in total. The van der Waals surface area contributed by atoms with E-state index in [4.69, 9.17) is 0 Å². The molecule has 2 heterocycles. The Labute approximate surface area is 114 Å². The lowest BCUT2D eigenvalue weighted by Crippen LogP contribution is -1.84. The van der Waals surface area contributed by atoms with E-state index in [1.807, 2.05) is 30.3 Å². The van der Waals surface area contributed by atoms with Crippen molar-refractivity contribution in [3.63, 3.8) is 0 Å². The zero-order valence-electron chi connectivity index (χ0n) is 10.5. The van der Waals surface area contributed by atoms with Gasteiger partial charge >= 0.3 is 0 Å². The highest BCUT2D eigenvalue weighted by atomic mass is 19.1. The van der Waals surface area contributed by atoms with Crippen LogP contribution in [-0.4, -0.2) is 15.0 Å². The van der Waals surface area contributed by atoms with Crippen LogP contribution in [0, 0.1) is 5.82 Å². The van der Waals surface area contributed by atoms with Crippen LogP contribution in [0.4, 0.5) is 4.39 Å². The molecule has 0 spiro atoms. The SMILES string of the molecule is Fc1ccc2nc(-c3cccc4ncccc34)[nH]c2c1. The maximum Gasteiger partial charge on any atom is 0.139 e. The Hall–Kier alpha value is -2.75. The molecule has 0 radical (unpaired) electrons. The van der Waals surface area contributed by atoms with E-state index in [1.165, 1.54) is 12.1 Å². The number of benzene rings is 2. The first-order valence-electron chi connectivity index (χ1n) is 6.31. The molecule has 4 rings (SSSR count). The fraction of sp³-hybridized carbons (Fsp3) is 0. The lowest BCUT2D eigenvalue weighted by Gasteiger charge is -2.02. The molecule has 0 fully saturated rings. The number of aromatic amines is 1. The minimum absolute atomic E-state index is 0.271. The van der Waals surface area contributed by atoms with Gasteiger partial charge in [-0.25, -0.2) is 9.37 Å². The molecule has 4 heteroatoms. The number of fused-ring (bicyclic) bond motifs is 2. The summed E-state index contributed by atoms with van der Waals surface area (Å²) >= 11 is 0. The van der Waals surface area contributed by atoms with Gasteiger partial charge in [0.15, 0.2) is 0 Å². The zero-order valence-corrected chi connectivity index (χ0v) is 10.5. The average Bonchev–Trinajstić information content (AvgIpc) is 2.89. The molecule has 0 aliphatic heterocycles. The van der Waals surface area contributed by atoms with Crippen LogP contribution >= 0.6 is 0 Å². The Balaban J connectivity index is 2.01. The van der Waals surface area contributed by atoms with Crippen molar-refractivity contribution in [3.05, 3.63) is 60.5 Å². The fourth-order valence-electron chi connectivity index (χ4n) is 2.42. The van der Waals surface area contributed by atoms with E-state index in [0.717, 1.165) is 27.8 Å². The van der Waals surface area contributed by atoms with Crippen LogP contribution < -0.4 is 0 Å². The summed E-state index contributed by atoms with van der Waals surface area (Å²) in [7, 11) is 0. The van der Waals surface area contributed by atoms with E-state index in [0.29, 0.717) is 5.52 Å². The number of hydrogen-bond acceptors (Lipinski definition) is 2. The van der Waals surface area contributed by atoms with Crippen LogP contribution in [0.15, 0.2) is 54.7 Å². The van der Waals surface area contributed by atoms with Gasteiger partial charge in [0.25, 0.3) is 0 Å². The molecule has 2 aromatic carbocycles. The summed E-state index contributed by atoms with van der Waals surface area (Å²) in [6, 6.07) is 14.3. The number of hydrogen-bond donors (Lipinski definition) is 1. The van der Waals surface area contributed by atoms with Gasteiger partial charge in [-0.1, -0.05) is 18.2 Å². The van der Waals surface area contributed by atoms with E-state index in [-0.39, 0.29) is 5.82 Å². The Kier molecular flexibility index (Phi) is 2.29. The second-order valence-electron chi connectivity index (χ2n) is 4.62. The first-order valence-corrected chi connectivity index (χ1v) is 6.31. The number of H-pyrrole nitrogens is 1. The van der Waals surface area contributed by atoms with Gasteiger partial charge in [0.1, 0.15) is 11.6 Å². The van der Waals surface area contributed by atoms with Crippen molar-refractivity contribution in [2.45, 2.75) is 0 Å². The van der Waals surface area contributed by atoms with Crippen LogP contribution in [0.1, 0.15) is 0 Å². The summed E-state index contributed by atoms with van der Waals surface area (Å²) < 4.78 is 13.2. The minimum Gasteiger partial charge on any atom is -0.338 e. The van der Waals surface area contributed by atoms with Crippen molar-refractivity contribution in [2.75, 3.05) is 0 Å². The molecule has 0 aliphatic carbocycles. The number of rotatable bonds is 1. The smallest absolute Gasteiger partial charge is 0.139 e. The Morgan fingerprint density at radius 3 is 2.85 bits per heavy atom. The molecule has 0 saturated carbocycles. The van der Waals surface area contributed by atoms with E-state index < -0.39 is 0 Å². The third-order valence-corrected chi connectivity index (χ3v) is 3.34. The maximum absolute atomic E-state index is 13.2. The van der Waals surface area contributed by atoms with Crippen molar-refractivity contribution >= 4 is 21.9 Å². The molecular weight excluding hydrogens is 253 g/mol.